The Morgan fingerprint density at radius 3 is 2.50 bits per heavy atom. The molecule has 1 unspecified atom stereocenters. The molecule has 0 radical (unpaired) electrons. The molecule has 0 N–H and O–H groups in total. The standard InChI is InChI=1S/C19H21NOS/c1-3-16(14-20-13-15-9-5-4-6-10-15)19(21)17-11-7-8-12-18(17)22-2/h4-13,16H,3,14H2,1-2H3. The molecule has 0 bridgehead atoms. The summed E-state index contributed by atoms with van der Waals surface area (Å²) >= 11 is 1.61. The normalized spacial score (nSPS) is 12.5. The largest absolute Gasteiger partial charge is 0.294 e. The predicted molar refractivity (Wildman–Crippen MR) is 95.2 cm³/mol. The highest BCUT2D eigenvalue weighted by atomic mass is 32.2. The average Bonchev–Trinajstić information content (AvgIpc) is 2.59. The summed E-state index contributed by atoms with van der Waals surface area (Å²) in [5.41, 5.74) is 1.88. The number of Topliss-reactive ketones (excluding diaryl/α,β-unsaturated/α-hetero) is 1. The summed E-state index contributed by atoms with van der Waals surface area (Å²) in [5.74, 6) is 0.130. The van der Waals surface area contributed by atoms with Gasteiger partial charge in [-0.15, -0.1) is 11.8 Å². The summed E-state index contributed by atoms with van der Waals surface area (Å²) < 4.78 is 0. The van der Waals surface area contributed by atoms with Crippen LogP contribution in [-0.4, -0.2) is 24.8 Å². The number of thioether (sulfide) groups is 1. The molecule has 0 fully saturated rings. The lowest BCUT2D eigenvalue weighted by Crippen LogP contribution is -2.18. The number of hydrogen-bond donors (Lipinski definition) is 0. The van der Waals surface area contributed by atoms with E-state index in [1.54, 1.807) is 11.8 Å². The van der Waals surface area contributed by atoms with Gasteiger partial charge in [0.05, 0.1) is 0 Å². The first kappa shape index (κ1) is 16.5. The Morgan fingerprint density at radius 2 is 1.82 bits per heavy atom. The molecule has 0 saturated heterocycles. The fourth-order valence-corrected chi connectivity index (χ4v) is 2.89. The van der Waals surface area contributed by atoms with Crippen molar-refractivity contribution in [2.24, 2.45) is 10.9 Å². The molecule has 2 aromatic rings. The number of nitrogens with zero attached hydrogens (tertiary/aromatic N) is 1. The molecule has 0 aliphatic rings. The van der Waals surface area contributed by atoms with E-state index in [-0.39, 0.29) is 11.7 Å². The van der Waals surface area contributed by atoms with Crippen LogP contribution in [-0.2, 0) is 0 Å². The van der Waals surface area contributed by atoms with E-state index in [0.29, 0.717) is 6.54 Å². The van der Waals surface area contributed by atoms with E-state index in [9.17, 15) is 4.79 Å². The zero-order chi connectivity index (χ0) is 15.8. The number of aliphatic imine (C=N–C) groups is 1. The highest BCUT2D eigenvalue weighted by Gasteiger charge is 2.19. The summed E-state index contributed by atoms with van der Waals surface area (Å²) in [5, 5.41) is 0. The van der Waals surface area contributed by atoms with Crippen molar-refractivity contribution >= 4 is 23.8 Å². The van der Waals surface area contributed by atoms with Gasteiger partial charge in [-0.1, -0.05) is 55.5 Å². The molecule has 2 aromatic carbocycles. The minimum absolute atomic E-state index is 0.0618. The van der Waals surface area contributed by atoms with E-state index in [1.165, 1.54) is 0 Å². The molecule has 22 heavy (non-hydrogen) atoms. The molecule has 0 amide bonds. The predicted octanol–water partition coefficient (Wildman–Crippen LogP) is 4.74. The lowest BCUT2D eigenvalue weighted by Gasteiger charge is -2.13. The molecular formula is C19H21NOS. The minimum Gasteiger partial charge on any atom is -0.294 e. The molecule has 1 atom stereocenters. The second kappa shape index (κ2) is 8.54. The molecule has 114 valence electrons. The van der Waals surface area contributed by atoms with Gasteiger partial charge < -0.3 is 0 Å². The van der Waals surface area contributed by atoms with Crippen LogP contribution in [0.15, 0.2) is 64.5 Å². The van der Waals surface area contributed by atoms with E-state index in [4.69, 9.17) is 0 Å². The monoisotopic (exact) mass is 311 g/mol. The van der Waals surface area contributed by atoms with Crippen molar-refractivity contribution in [3.05, 3.63) is 65.7 Å². The molecule has 2 nitrogen and oxygen atoms in total. The SMILES string of the molecule is CCC(CN=Cc1ccccc1)C(=O)c1ccccc1SC. The van der Waals surface area contributed by atoms with E-state index in [0.717, 1.165) is 22.4 Å². The Hall–Kier alpha value is -1.87. The summed E-state index contributed by atoms with van der Waals surface area (Å²) in [7, 11) is 0. The molecule has 3 heteroatoms. The Morgan fingerprint density at radius 1 is 1.14 bits per heavy atom. The summed E-state index contributed by atoms with van der Waals surface area (Å²) in [6.07, 6.45) is 4.64. The zero-order valence-corrected chi connectivity index (χ0v) is 13.8. The molecule has 0 aliphatic carbocycles. The topological polar surface area (TPSA) is 29.4 Å². The van der Waals surface area contributed by atoms with Gasteiger partial charge in [0, 0.05) is 29.1 Å². The van der Waals surface area contributed by atoms with Crippen LogP contribution < -0.4 is 0 Å². The van der Waals surface area contributed by atoms with Gasteiger partial charge >= 0.3 is 0 Å². The Balaban J connectivity index is 2.08. The number of carbonyl (C=O) groups is 1. The summed E-state index contributed by atoms with van der Waals surface area (Å²) in [6.45, 7) is 2.58. The van der Waals surface area contributed by atoms with Crippen molar-refractivity contribution in [3.8, 4) is 0 Å². The number of benzene rings is 2. The maximum Gasteiger partial charge on any atom is 0.168 e. The van der Waals surface area contributed by atoms with Crippen molar-refractivity contribution in [2.45, 2.75) is 18.2 Å². The summed E-state index contributed by atoms with van der Waals surface area (Å²) in [4.78, 5) is 18.2. The van der Waals surface area contributed by atoms with Gasteiger partial charge in [-0.2, -0.15) is 0 Å². The maximum absolute atomic E-state index is 12.7. The summed E-state index contributed by atoms with van der Waals surface area (Å²) in [6, 6.07) is 17.8. The third kappa shape index (κ3) is 4.31. The van der Waals surface area contributed by atoms with Gasteiger partial charge in [-0.05, 0) is 24.3 Å². The van der Waals surface area contributed by atoms with Crippen molar-refractivity contribution in [1.82, 2.24) is 0 Å². The Bertz CT molecular complexity index is 637. The van der Waals surface area contributed by atoms with Crippen LogP contribution in [0.4, 0.5) is 0 Å². The van der Waals surface area contributed by atoms with Gasteiger partial charge in [0.1, 0.15) is 0 Å². The molecule has 0 heterocycles. The second-order valence-corrected chi connectivity index (χ2v) is 5.92. The molecule has 0 aliphatic heterocycles. The lowest BCUT2D eigenvalue weighted by atomic mass is 9.95. The Kier molecular flexibility index (Phi) is 6.41. The highest BCUT2D eigenvalue weighted by molar-refractivity contribution is 7.98. The van der Waals surface area contributed by atoms with Crippen molar-refractivity contribution in [1.29, 1.82) is 0 Å². The maximum atomic E-state index is 12.7. The van der Waals surface area contributed by atoms with E-state index >= 15 is 0 Å². The highest BCUT2D eigenvalue weighted by Crippen LogP contribution is 2.23. The van der Waals surface area contributed by atoms with Crippen LogP contribution in [0.2, 0.25) is 0 Å². The molecule has 2 rings (SSSR count). The molecule has 0 spiro atoms. The quantitative estimate of drug-likeness (QED) is 0.420. The number of carbonyl (C=O) groups excluding carboxylic acids is 1. The number of rotatable bonds is 7. The van der Waals surface area contributed by atoms with Crippen LogP contribution in [0.5, 0.6) is 0 Å². The van der Waals surface area contributed by atoms with Gasteiger partial charge in [-0.25, -0.2) is 0 Å². The van der Waals surface area contributed by atoms with Crippen molar-refractivity contribution < 1.29 is 4.79 Å². The number of hydrogen-bond acceptors (Lipinski definition) is 3. The van der Waals surface area contributed by atoms with Crippen molar-refractivity contribution in [3.63, 3.8) is 0 Å². The van der Waals surface area contributed by atoms with Crippen molar-refractivity contribution in [2.75, 3.05) is 12.8 Å². The van der Waals surface area contributed by atoms with E-state index < -0.39 is 0 Å². The second-order valence-electron chi connectivity index (χ2n) is 5.07. The first-order valence-corrected chi connectivity index (χ1v) is 8.70. The fourth-order valence-electron chi connectivity index (χ4n) is 2.29. The van der Waals surface area contributed by atoms with Gasteiger partial charge in [0.2, 0.25) is 0 Å². The van der Waals surface area contributed by atoms with E-state index in [1.807, 2.05) is 74.0 Å². The third-order valence-electron chi connectivity index (χ3n) is 3.60. The lowest BCUT2D eigenvalue weighted by molar-refractivity contribution is 0.0918. The van der Waals surface area contributed by atoms with Crippen LogP contribution in [0.25, 0.3) is 0 Å². The van der Waals surface area contributed by atoms with Gasteiger partial charge in [0.15, 0.2) is 5.78 Å². The third-order valence-corrected chi connectivity index (χ3v) is 4.40. The smallest absolute Gasteiger partial charge is 0.168 e. The van der Waals surface area contributed by atoms with Crippen LogP contribution in [0.1, 0.15) is 29.3 Å². The van der Waals surface area contributed by atoms with Gasteiger partial charge in [0.25, 0.3) is 0 Å². The van der Waals surface area contributed by atoms with Crippen LogP contribution in [0, 0.1) is 5.92 Å². The zero-order valence-electron chi connectivity index (χ0n) is 13.0. The van der Waals surface area contributed by atoms with Crippen LogP contribution >= 0.6 is 11.8 Å². The van der Waals surface area contributed by atoms with Crippen LogP contribution in [0.3, 0.4) is 0 Å². The van der Waals surface area contributed by atoms with Gasteiger partial charge in [-0.3, -0.25) is 9.79 Å². The first-order valence-electron chi connectivity index (χ1n) is 7.48. The molecule has 0 aromatic heterocycles. The Labute approximate surface area is 136 Å². The van der Waals surface area contributed by atoms with E-state index in [2.05, 4.69) is 4.99 Å². The minimum atomic E-state index is -0.0618. The fraction of sp³-hybridized carbons (Fsp3) is 0.263. The number of ketones is 1. The average molecular weight is 311 g/mol. The molecular weight excluding hydrogens is 290 g/mol. The molecule has 0 saturated carbocycles. The first-order chi connectivity index (χ1) is 10.8.